The average molecular weight is 239 g/mol. The Morgan fingerprint density at radius 3 is 2.94 bits per heavy atom. The molecule has 0 unspecified atom stereocenters. The molecule has 1 aromatic heterocycles. The van der Waals surface area contributed by atoms with Crippen LogP contribution in [0.3, 0.4) is 0 Å². The molecule has 2 rings (SSSR count). The standard InChI is InChI=1S/C11H17N3OS/c1-8-13-6-9(16-8)7-14-10(15)5-11(12)3-2-4-11/h6H,2-5,7,12H2,1H3,(H,14,15). The van der Waals surface area contributed by atoms with Crippen molar-refractivity contribution in [2.24, 2.45) is 5.73 Å². The van der Waals surface area contributed by atoms with Crippen molar-refractivity contribution in [2.45, 2.75) is 44.7 Å². The second-order valence-electron chi connectivity index (χ2n) is 4.52. The maximum absolute atomic E-state index is 11.6. The second-order valence-corrected chi connectivity index (χ2v) is 5.83. The molecule has 1 aliphatic rings. The summed E-state index contributed by atoms with van der Waals surface area (Å²) in [5.74, 6) is 0.0493. The van der Waals surface area contributed by atoms with Crippen LogP contribution < -0.4 is 11.1 Å². The SMILES string of the molecule is Cc1ncc(CNC(=O)CC2(N)CCC2)s1. The Morgan fingerprint density at radius 2 is 2.44 bits per heavy atom. The maximum atomic E-state index is 11.6. The van der Waals surface area contributed by atoms with E-state index < -0.39 is 0 Å². The summed E-state index contributed by atoms with van der Waals surface area (Å²) in [6, 6.07) is 0. The number of thiazole rings is 1. The summed E-state index contributed by atoms with van der Waals surface area (Å²) < 4.78 is 0. The van der Waals surface area contributed by atoms with Crippen molar-refractivity contribution >= 4 is 17.2 Å². The normalized spacial score (nSPS) is 17.9. The molecule has 4 nitrogen and oxygen atoms in total. The van der Waals surface area contributed by atoms with Crippen LogP contribution in [-0.4, -0.2) is 16.4 Å². The number of nitrogens with zero attached hydrogens (tertiary/aromatic N) is 1. The van der Waals surface area contributed by atoms with Crippen LogP contribution in [0.25, 0.3) is 0 Å². The number of aryl methyl sites for hydroxylation is 1. The summed E-state index contributed by atoms with van der Waals surface area (Å²) in [5.41, 5.74) is 5.78. The molecule has 88 valence electrons. The molecule has 1 saturated carbocycles. The fourth-order valence-electron chi connectivity index (χ4n) is 1.86. The highest BCUT2D eigenvalue weighted by molar-refractivity contribution is 7.11. The van der Waals surface area contributed by atoms with Crippen molar-refractivity contribution in [3.63, 3.8) is 0 Å². The third kappa shape index (κ3) is 2.80. The molecular weight excluding hydrogens is 222 g/mol. The summed E-state index contributed by atoms with van der Waals surface area (Å²) in [6.45, 7) is 2.53. The first-order valence-corrected chi connectivity index (χ1v) is 6.36. The van der Waals surface area contributed by atoms with E-state index in [1.54, 1.807) is 11.3 Å². The van der Waals surface area contributed by atoms with Gasteiger partial charge >= 0.3 is 0 Å². The fourth-order valence-corrected chi connectivity index (χ4v) is 2.60. The van der Waals surface area contributed by atoms with Crippen molar-refractivity contribution < 1.29 is 4.79 Å². The maximum Gasteiger partial charge on any atom is 0.222 e. The zero-order valence-electron chi connectivity index (χ0n) is 9.45. The Kier molecular flexibility index (Phi) is 3.25. The number of nitrogens with one attached hydrogen (secondary N) is 1. The second kappa shape index (κ2) is 4.51. The summed E-state index contributed by atoms with van der Waals surface area (Å²) in [6.07, 6.45) is 5.35. The largest absolute Gasteiger partial charge is 0.351 e. The van der Waals surface area contributed by atoms with Gasteiger partial charge in [-0.2, -0.15) is 0 Å². The Bertz CT molecular complexity index is 384. The number of nitrogens with two attached hydrogens (primary N) is 1. The van der Waals surface area contributed by atoms with Gasteiger partial charge in [0.2, 0.25) is 5.91 Å². The van der Waals surface area contributed by atoms with E-state index in [-0.39, 0.29) is 11.4 Å². The molecule has 1 heterocycles. The number of rotatable bonds is 4. The van der Waals surface area contributed by atoms with E-state index in [0.717, 1.165) is 29.1 Å². The Labute approximate surface area is 99.3 Å². The van der Waals surface area contributed by atoms with E-state index in [4.69, 9.17) is 5.73 Å². The first kappa shape index (κ1) is 11.5. The highest BCUT2D eigenvalue weighted by Gasteiger charge is 2.34. The highest BCUT2D eigenvalue weighted by Crippen LogP contribution is 2.31. The van der Waals surface area contributed by atoms with Crippen molar-refractivity contribution in [3.8, 4) is 0 Å². The topological polar surface area (TPSA) is 68.0 Å². The lowest BCUT2D eigenvalue weighted by atomic mass is 9.75. The van der Waals surface area contributed by atoms with Crippen LogP contribution in [0, 0.1) is 6.92 Å². The molecule has 1 aliphatic carbocycles. The van der Waals surface area contributed by atoms with E-state index in [9.17, 15) is 4.79 Å². The first-order valence-electron chi connectivity index (χ1n) is 5.54. The van der Waals surface area contributed by atoms with Crippen molar-refractivity contribution in [3.05, 3.63) is 16.1 Å². The van der Waals surface area contributed by atoms with Crippen molar-refractivity contribution in [1.29, 1.82) is 0 Å². The third-order valence-corrected chi connectivity index (χ3v) is 3.90. The van der Waals surface area contributed by atoms with Crippen LogP contribution in [-0.2, 0) is 11.3 Å². The molecule has 0 saturated heterocycles. The molecular formula is C11H17N3OS. The predicted octanol–water partition coefficient (Wildman–Crippen LogP) is 1.34. The summed E-state index contributed by atoms with van der Waals surface area (Å²) in [5, 5.41) is 3.91. The van der Waals surface area contributed by atoms with Gasteiger partial charge in [-0.1, -0.05) is 0 Å². The van der Waals surface area contributed by atoms with Gasteiger partial charge in [0.15, 0.2) is 0 Å². The number of amides is 1. The number of hydrogen-bond donors (Lipinski definition) is 2. The van der Waals surface area contributed by atoms with Gasteiger partial charge in [0.1, 0.15) is 0 Å². The summed E-state index contributed by atoms with van der Waals surface area (Å²) >= 11 is 1.61. The number of carbonyl (C=O) groups excluding carboxylic acids is 1. The van der Waals surface area contributed by atoms with Crippen molar-refractivity contribution in [1.82, 2.24) is 10.3 Å². The van der Waals surface area contributed by atoms with Crippen LogP contribution >= 0.6 is 11.3 Å². The molecule has 3 N–H and O–H groups in total. The molecule has 16 heavy (non-hydrogen) atoms. The summed E-state index contributed by atoms with van der Waals surface area (Å²) in [7, 11) is 0. The first-order chi connectivity index (χ1) is 7.57. The zero-order valence-corrected chi connectivity index (χ0v) is 10.3. The number of aromatic nitrogens is 1. The van der Waals surface area contributed by atoms with Gasteiger partial charge in [0.25, 0.3) is 0 Å². The molecule has 0 aromatic carbocycles. The molecule has 0 bridgehead atoms. The van der Waals surface area contributed by atoms with Gasteiger partial charge < -0.3 is 11.1 Å². The number of hydrogen-bond acceptors (Lipinski definition) is 4. The zero-order chi connectivity index (χ0) is 11.6. The van der Waals surface area contributed by atoms with E-state index in [0.29, 0.717) is 13.0 Å². The molecule has 1 amide bonds. The van der Waals surface area contributed by atoms with Gasteiger partial charge in [-0.15, -0.1) is 11.3 Å². The highest BCUT2D eigenvalue weighted by atomic mass is 32.1. The minimum absolute atomic E-state index is 0.0493. The lowest BCUT2D eigenvalue weighted by Gasteiger charge is -2.37. The fraction of sp³-hybridized carbons (Fsp3) is 0.636. The van der Waals surface area contributed by atoms with Gasteiger partial charge in [0, 0.05) is 23.0 Å². The molecule has 0 aliphatic heterocycles. The van der Waals surface area contributed by atoms with Crippen molar-refractivity contribution in [2.75, 3.05) is 0 Å². The third-order valence-electron chi connectivity index (χ3n) is 2.99. The molecule has 5 heteroatoms. The van der Waals surface area contributed by atoms with Gasteiger partial charge in [-0.25, -0.2) is 4.98 Å². The minimum atomic E-state index is -0.228. The van der Waals surface area contributed by atoms with Crippen LogP contribution in [0.5, 0.6) is 0 Å². The van der Waals surface area contributed by atoms with E-state index in [1.807, 2.05) is 13.1 Å². The summed E-state index contributed by atoms with van der Waals surface area (Å²) in [4.78, 5) is 16.9. The molecule has 0 atom stereocenters. The molecule has 0 spiro atoms. The Morgan fingerprint density at radius 1 is 1.69 bits per heavy atom. The lowest BCUT2D eigenvalue weighted by molar-refractivity contribution is -0.123. The van der Waals surface area contributed by atoms with Crippen LogP contribution in [0.2, 0.25) is 0 Å². The van der Waals surface area contributed by atoms with Crippen LogP contribution in [0.15, 0.2) is 6.20 Å². The number of carbonyl (C=O) groups is 1. The Balaban J connectivity index is 1.75. The minimum Gasteiger partial charge on any atom is -0.351 e. The molecule has 1 aromatic rings. The molecule has 0 radical (unpaired) electrons. The van der Waals surface area contributed by atoms with Crippen LogP contribution in [0.4, 0.5) is 0 Å². The smallest absolute Gasteiger partial charge is 0.222 e. The monoisotopic (exact) mass is 239 g/mol. The van der Waals surface area contributed by atoms with Gasteiger partial charge in [-0.3, -0.25) is 4.79 Å². The molecule has 1 fully saturated rings. The van der Waals surface area contributed by atoms with Gasteiger partial charge in [0.05, 0.1) is 11.6 Å². The Hall–Kier alpha value is -0.940. The van der Waals surface area contributed by atoms with E-state index >= 15 is 0 Å². The predicted molar refractivity (Wildman–Crippen MR) is 64.1 cm³/mol. The van der Waals surface area contributed by atoms with Crippen LogP contribution in [0.1, 0.15) is 35.6 Å². The van der Waals surface area contributed by atoms with E-state index in [1.165, 1.54) is 0 Å². The quantitative estimate of drug-likeness (QED) is 0.833. The lowest BCUT2D eigenvalue weighted by Crippen LogP contribution is -2.49. The average Bonchev–Trinajstić information content (AvgIpc) is 2.59. The van der Waals surface area contributed by atoms with E-state index in [2.05, 4.69) is 10.3 Å². The van der Waals surface area contributed by atoms with Gasteiger partial charge in [-0.05, 0) is 26.2 Å².